The summed E-state index contributed by atoms with van der Waals surface area (Å²) in [5, 5.41) is 10.9. The van der Waals surface area contributed by atoms with Gasteiger partial charge in [0.1, 0.15) is 0 Å². The molecule has 0 radical (unpaired) electrons. The Morgan fingerprint density at radius 2 is 1.91 bits per heavy atom. The van der Waals surface area contributed by atoms with Crippen molar-refractivity contribution in [3.8, 4) is 11.3 Å². The molecule has 0 amide bonds. The molecular weight excluding hydrogens is 298 g/mol. The molecule has 0 spiro atoms. The minimum Gasteiger partial charge on any atom is -0.481 e. The number of aromatic nitrogens is 1. The van der Waals surface area contributed by atoms with Gasteiger partial charge in [-0.25, -0.2) is 0 Å². The quantitative estimate of drug-likeness (QED) is 0.735. The molecule has 2 aromatic carbocycles. The van der Waals surface area contributed by atoms with Crippen LogP contribution in [0.2, 0.25) is 5.02 Å². The van der Waals surface area contributed by atoms with Crippen molar-refractivity contribution in [2.75, 3.05) is 0 Å². The highest BCUT2D eigenvalue weighted by molar-refractivity contribution is 6.30. The van der Waals surface area contributed by atoms with Crippen molar-refractivity contribution in [1.29, 1.82) is 0 Å². The van der Waals surface area contributed by atoms with E-state index in [-0.39, 0.29) is 6.42 Å². The molecule has 0 atom stereocenters. The van der Waals surface area contributed by atoms with Crippen LogP contribution >= 0.6 is 11.6 Å². The van der Waals surface area contributed by atoms with Crippen LogP contribution in [0.15, 0.2) is 42.5 Å². The van der Waals surface area contributed by atoms with Gasteiger partial charge in [0.05, 0.1) is 12.1 Å². The molecule has 0 fully saturated rings. The lowest BCUT2D eigenvalue weighted by Crippen LogP contribution is -2.00. The van der Waals surface area contributed by atoms with E-state index in [1.807, 2.05) is 36.4 Å². The number of hydrogen-bond donors (Lipinski definition) is 2. The first-order valence-electron chi connectivity index (χ1n) is 7.20. The van der Waals surface area contributed by atoms with E-state index in [0.717, 1.165) is 34.1 Å². The van der Waals surface area contributed by atoms with Crippen LogP contribution in [0.3, 0.4) is 0 Å². The summed E-state index contributed by atoms with van der Waals surface area (Å²) >= 11 is 5.95. The van der Waals surface area contributed by atoms with Crippen LogP contribution < -0.4 is 0 Å². The van der Waals surface area contributed by atoms with Crippen molar-refractivity contribution < 1.29 is 9.90 Å². The fourth-order valence-corrected chi connectivity index (χ4v) is 2.95. The number of aromatic amines is 1. The molecule has 22 heavy (non-hydrogen) atoms. The topological polar surface area (TPSA) is 53.1 Å². The number of fused-ring (bicyclic) bond motifs is 1. The third-order valence-electron chi connectivity index (χ3n) is 3.87. The van der Waals surface area contributed by atoms with Crippen LogP contribution in [-0.2, 0) is 17.6 Å². The van der Waals surface area contributed by atoms with Gasteiger partial charge in [0, 0.05) is 15.9 Å². The lowest BCUT2D eigenvalue weighted by molar-refractivity contribution is -0.136. The second kappa shape index (κ2) is 5.85. The molecule has 4 heteroatoms. The summed E-state index contributed by atoms with van der Waals surface area (Å²) in [6, 6.07) is 13.5. The van der Waals surface area contributed by atoms with E-state index in [1.54, 1.807) is 0 Å². The van der Waals surface area contributed by atoms with Crippen LogP contribution in [0.4, 0.5) is 0 Å². The number of aliphatic carboxylic acids is 1. The molecule has 0 unspecified atom stereocenters. The Hall–Kier alpha value is -2.26. The van der Waals surface area contributed by atoms with Gasteiger partial charge in [-0.3, -0.25) is 4.79 Å². The van der Waals surface area contributed by atoms with Crippen LogP contribution in [-0.4, -0.2) is 16.1 Å². The molecule has 3 rings (SSSR count). The average Bonchev–Trinajstić information content (AvgIpc) is 2.86. The maximum atomic E-state index is 11.3. The summed E-state index contributed by atoms with van der Waals surface area (Å²) in [6.07, 6.45) is 0.884. The summed E-state index contributed by atoms with van der Waals surface area (Å²) in [5.74, 6) is -0.835. The van der Waals surface area contributed by atoms with Crippen LogP contribution in [0.25, 0.3) is 22.2 Å². The van der Waals surface area contributed by atoms with Crippen molar-refractivity contribution >= 4 is 28.5 Å². The van der Waals surface area contributed by atoms with Gasteiger partial charge >= 0.3 is 5.97 Å². The van der Waals surface area contributed by atoms with Gasteiger partial charge in [-0.05, 0) is 35.2 Å². The van der Waals surface area contributed by atoms with Crippen LogP contribution in [0, 0.1) is 0 Å². The number of H-pyrrole nitrogens is 1. The van der Waals surface area contributed by atoms with E-state index in [0.29, 0.717) is 5.02 Å². The number of hydrogen-bond acceptors (Lipinski definition) is 1. The summed E-state index contributed by atoms with van der Waals surface area (Å²) in [7, 11) is 0. The molecule has 0 saturated carbocycles. The van der Waals surface area contributed by atoms with E-state index < -0.39 is 5.97 Å². The molecule has 3 aromatic rings. The number of carbonyl (C=O) groups is 1. The predicted octanol–water partition coefficient (Wildman–Crippen LogP) is 4.68. The third kappa shape index (κ3) is 2.60. The number of carboxylic acid groups (broad SMARTS) is 1. The summed E-state index contributed by atoms with van der Waals surface area (Å²) in [5.41, 5.74) is 4.82. The lowest BCUT2D eigenvalue weighted by atomic mass is 10.0. The standard InChI is InChI=1S/C18H16ClNO2/c1-2-11-4-3-5-14-15(10-16(21)22)18(20-17(11)14)12-6-8-13(19)9-7-12/h3-9,20H,2,10H2,1H3,(H,21,22). The fourth-order valence-electron chi connectivity index (χ4n) is 2.83. The largest absolute Gasteiger partial charge is 0.481 e. The molecule has 0 saturated heterocycles. The first kappa shape index (κ1) is 14.7. The molecule has 0 aliphatic heterocycles. The highest BCUT2D eigenvalue weighted by Crippen LogP contribution is 2.33. The number of carboxylic acids is 1. The minimum absolute atomic E-state index is 0.00880. The SMILES string of the molecule is CCc1cccc2c(CC(=O)O)c(-c3ccc(Cl)cc3)[nH]c12. The smallest absolute Gasteiger partial charge is 0.307 e. The maximum Gasteiger partial charge on any atom is 0.307 e. The van der Waals surface area contributed by atoms with Gasteiger partial charge in [-0.1, -0.05) is 48.9 Å². The minimum atomic E-state index is -0.835. The summed E-state index contributed by atoms with van der Waals surface area (Å²) < 4.78 is 0. The van der Waals surface area contributed by atoms with E-state index >= 15 is 0 Å². The van der Waals surface area contributed by atoms with Crippen molar-refractivity contribution in [2.45, 2.75) is 19.8 Å². The predicted molar refractivity (Wildman–Crippen MR) is 89.5 cm³/mol. The Kier molecular flexibility index (Phi) is 3.90. The monoisotopic (exact) mass is 313 g/mol. The highest BCUT2D eigenvalue weighted by Gasteiger charge is 2.17. The number of para-hydroxylation sites is 1. The van der Waals surface area contributed by atoms with Crippen molar-refractivity contribution in [3.05, 3.63) is 58.6 Å². The second-order valence-corrected chi connectivity index (χ2v) is 5.69. The number of rotatable bonds is 4. The molecule has 1 aromatic heterocycles. The normalized spacial score (nSPS) is 11.0. The molecule has 112 valence electrons. The Morgan fingerprint density at radius 1 is 1.18 bits per heavy atom. The van der Waals surface area contributed by atoms with E-state index in [1.165, 1.54) is 5.56 Å². The zero-order chi connectivity index (χ0) is 15.7. The molecular formula is C18H16ClNO2. The van der Waals surface area contributed by atoms with Gasteiger partial charge in [-0.15, -0.1) is 0 Å². The lowest BCUT2D eigenvalue weighted by Gasteiger charge is -2.03. The number of halogens is 1. The second-order valence-electron chi connectivity index (χ2n) is 5.25. The number of benzene rings is 2. The molecule has 3 nitrogen and oxygen atoms in total. The Bertz CT molecular complexity index is 834. The molecule has 2 N–H and O–H groups in total. The average molecular weight is 314 g/mol. The Morgan fingerprint density at radius 3 is 2.55 bits per heavy atom. The first-order valence-corrected chi connectivity index (χ1v) is 7.58. The van der Waals surface area contributed by atoms with Gasteiger partial charge in [0.25, 0.3) is 0 Å². The van der Waals surface area contributed by atoms with Crippen LogP contribution in [0.5, 0.6) is 0 Å². The third-order valence-corrected chi connectivity index (χ3v) is 4.12. The highest BCUT2D eigenvalue weighted by atomic mass is 35.5. The first-order chi connectivity index (χ1) is 10.6. The van der Waals surface area contributed by atoms with Crippen molar-refractivity contribution in [3.63, 3.8) is 0 Å². The van der Waals surface area contributed by atoms with Gasteiger partial charge in [0.15, 0.2) is 0 Å². The summed E-state index contributed by atoms with van der Waals surface area (Å²) in [4.78, 5) is 14.7. The zero-order valence-corrected chi connectivity index (χ0v) is 12.9. The molecule has 1 heterocycles. The molecule has 0 aliphatic rings. The van der Waals surface area contributed by atoms with E-state index in [9.17, 15) is 9.90 Å². The zero-order valence-electron chi connectivity index (χ0n) is 12.2. The van der Waals surface area contributed by atoms with Crippen molar-refractivity contribution in [1.82, 2.24) is 4.98 Å². The molecule has 0 bridgehead atoms. The van der Waals surface area contributed by atoms with Crippen molar-refractivity contribution in [2.24, 2.45) is 0 Å². The summed E-state index contributed by atoms with van der Waals surface area (Å²) in [6.45, 7) is 2.09. The van der Waals surface area contributed by atoms with Gasteiger partial charge < -0.3 is 10.1 Å². The fraction of sp³-hybridized carbons (Fsp3) is 0.167. The Labute approximate surface area is 133 Å². The molecule has 0 aliphatic carbocycles. The number of aryl methyl sites for hydroxylation is 1. The van der Waals surface area contributed by atoms with Gasteiger partial charge in [-0.2, -0.15) is 0 Å². The Balaban J connectivity index is 2.27. The van der Waals surface area contributed by atoms with Crippen LogP contribution in [0.1, 0.15) is 18.1 Å². The number of nitrogens with one attached hydrogen (secondary N) is 1. The van der Waals surface area contributed by atoms with Gasteiger partial charge in [0.2, 0.25) is 0 Å². The van der Waals surface area contributed by atoms with E-state index in [4.69, 9.17) is 11.6 Å². The maximum absolute atomic E-state index is 11.3. The van der Waals surface area contributed by atoms with E-state index in [2.05, 4.69) is 18.0 Å².